The van der Waals surface area contributed by atoms with Crippen LogP contribution in [-0.4, -0.2) is 29.8 Å². The van der Waals surface area contributed by atoms with Crippen LogP contribution < -0.4 is 0 Å². The zero-order valence-corrected chi connectivity index (χ0v) is 11.9. The van der Waals surface area contributed by atoms with Crippen molar-refractivity contribution in [1.82, 2.24) is 4.90 Å². The summed E-state index contributed by atoms with van der Waals surface area (Å²) in [5.41, 5.74) is 0.503. The third-order valence-corrected chi connectivity index (χ3v) is 3.17. The number of carbonyl (C=O) groups is 1. The van der Waals surface area contributed by atoms with E-state index >= 15 is 0 Å². The van der Waals surface area contributed by atoms with E-state index in [-0.39, 0.29) is 5.91 Å². The van der Waals surface area contributed by atoms with Gasteiger partial charge < -0.3 is 4.90 Å². The van der Waals surface area contributed by atoms with Gasteiger partial charge in [0.15, 0.2) is 0 Å². The topological polar surface area (TPSA) is 20.3 Å². The van der Waals surface area contributed by atoms with Crippen molar-refractivity contribution < 1.29 is 4.79 Å². The summed E-state index contributed by atoms with van der Waals surface area (Å²) in [7, 11) is 0. The molecule has 0 aliphatic heterocycles. The van der Waals surface area contributed by atoms with Gasteiger partial charge in [0.2, 0.25) is 0 Å². The normalized spacial score (nSPS) is 10.2. The number of amides is 1. The van der Waals surface area contributed by atoms with Gasteiger partial charge in [-0.15, -0.1) is 11.6 Å². The number of alkyl halides is 1. The first-order valence-electron chi connectivity index (χ1n) is 4.90. The number of hydrogen-bond acceptors (Lipinski definition) is 1. The van der Waals surface area contributed by atoms with Crippen molar-refractivity contribution >= 4 is 45.0 Å². The number of rotatable bonds is 4. The number of hydrogen-bond donors (Lipinski definition) is 0. The molecule has 0 unspecified atom stereocenters. The van der Waals surface area contributed by atoms with E-state index in [0.717, 1.165) is 4.47 Å². The van der Waals surface area contributed by atoms with Gasteiger partial charge >= 0.3 is 0 Å². The molecule has 0 fully saturated rings. The lowest BCUT2D eigenvalue weighted by Gasteiger charge is -2.20. The molecule has 0 radical (unpaired) electrons. The summed E-state index contributed by atoms with van der Waals surface area (Å²) in [5.74, 6) is 0.333. The molecular weight excluding hydrogens is 313 g/mol. The number of halogens is 3. The molecule has 0 spiro atoms. The predicted molar refractivity (Wildman–Crippen MR) is 71.4 cm³/mol. The molecule has 0 aliphatic carbocycles. The van der Waals surface area contributed by atoms with E-state index in [1.165, 1.54) is 0 Å². The molecule has 0 aromatic heterocycles. The third kappa shape index (κ3) is 3.37. The number of nitrogens with zero attached hydrogens (tertiary/aromatic N) is 1. The molecule has 0 atom stereocenters. The van der Waals surface area contributed by atoms with Gasteiger partial charge in [0.25, 0.3) is 5.91 Å². The number of benzene rings is 1. The van der Waals surface area contributed by atoms with Gasteiger partial charge in [-0.3, -0.25) is 4.79 Å². The van der Waals surface area contributed by atoms with E-state index in [9.17, 15) is 4.79 Å². The first-order valence-corrected chi connectivity index (χ1v) is 6.61. The van der Waals surface area contributed by atoms with Crippen LogP contribution in [0.3, 0.4) is 0 Å². The van der Waals surface area contributed by atoms with Crippen LogP contribution in [0.4, 0.5) is 0 Å². The van der Waals surface area contributed by atoms with E-state index in [0.29, 0.717) is 29.6 Å². The average Bonchev–Trinajstić information content (AvgIpc) is 2.28. The molecule has 1 aromatic rings. The highest BCUT2D eigenvalue weighted by Crippen LogP contribution is 2.22. The van der Waals surface area contributed by atoms with Gasteiger partial charge in [-0.1, -0.05) is 27.5 Å². The molecule has 5 heteroatoms. The Hall–Kier alpha value is -0.250. The summed E-state index contributed by atoms with van der Waals surface area (Å²) in [5, 5.41) is 0.459. The van der Waals surface area contributed by atoms with Crippen LogP contribution in [0, 0.1) is 0 Å². The van der Waals surface area contributed by atoms with Gasteiger partial charge in [0.05, 0.1) is 10.6 Å². The second kappa shape index (κ2) is 6.48. The maximum absolute atomic E-state index is 12.1. The molecule has 1 aromatic carbocycles. The van der Waals surface area contributed by atoms with E-state index in [1.807, 2.05) is 6.92 Å². The van der Waals surface area contributed by atoms with Crippen molar-refractivity contribution in [3.05, 3.63) is 33.3 Å². The summed E-state index contributed by atoms with van der Waals surface area (Å²) in [6, 6.07) is 5.23. The van der Waals surface area contributed by atoms with Crippen molar-refractivity contribution in [3.8, 4) is 0 Å². The van der Waals surface area contributed by atoms with E-state index in [4.69, 9.17) is 23.2 Å². The lowest BCUT2D eigenvalue weighted by Crippen LogP contribution is -2.32. The number of carbonyl (C=O) groups excluding carboxylic acids is 1. The Bertz CT molecular complexity index is 384. The Morgan fingerprint density at radius 3 is 2.75 bits per heavy atom. The summed E-state index contributed by atoms with van der Waals surface area (Å²) in [6.45, 7) is 3.06. The van der Waals surface area contributed by atoms with Crippen LogP contribution in [0.2, 0.25) is 5.02 Å². The fourth-order valence-electron chi connectivity index (χ4n) is 1.34. The molecule has 0 saturated heterocycles. The molecule has 0 bridgehead atoms. The summed E-state index contributed by atoms with van der Waals surface area (Å²) >= 11 is 15.0. The van der Waals surface area contributed by atoms with Crippen molar-refractivity contribution in [1.29, 1.82) is 0 Å². The zero-order chi connectivity index (χ0) is 12.1. The van der Waals surface area contributed by atoms with Gasteiger partial charge in [-0.2, -0.15) is 0 Å². The Morgan fingerprint density at radius 1 is 1.50 bits per heavy atom. The van der Waals surface area contributed by atoms with Gasteiger partial charge in [0, 0.05) is 23.4 Å². The molecule has 1 rings (SSSR count). The minimum Gasteiger partial charge on any atom is -0.338 e. The minimum absolute atomic E-state index is 0.0885. The maximum Gasteiger partial charge on any atom is 0.255 e. The zero-order valence-electron chi connectivity index (χ0n) is 8.84. The average molecular weight is 325 g/mol. The minimum atomic E-state index is -0.0885. The van der Waals surface area contributed by atoms with Crippen LogP contribution in [0.15, 0.2) is 22.7 Å². The molecule has 88 valence electrons. The Morgan fingerprint density at radius 2 is 2.19 bits per heavy atom. The second-order valence-electron chi connectivity index (χ2n) is 3.20. The van der Waals surface area contributed by atoms with Gasteiger partial charge in [0.1, 0.15) is 0 Å². The van der Waals surface area contributed by atoms with Gasteiger partial charge in [-0.05, 0) is 25.1 Å². The molecule has 0 aliphatic rings. The van der Waals surface area contributed by atoms with Crippen LogP contribution >= 0.6 is 39.1 Å². The van der Waals surface area contributed by atoms with Crippen LogP contribution in [0.25, 0.3) is 0 Å². The molecule has 0 heterocycles. The van der Waals surface area contributed by atoms with Crippen molar-refractivity contribution in [2.45, 2.75) is 6.92 Å². The lowest BCUT2D eigenvalue weighted by molar-refractivity contribution is 0.0774. The Balaban J connectivity index is 2.98. The molecule has 2 nitrogen and oxygen atoms in total. The van der Waals surface area contributed by atoms with E-state index in [2.05, 4.69) is 15.9 Å². The van der Waals surface area contributed by atoms with E-state index in [1.54, 1.807) is 23.1 Å². The Labute approximate surface area is 114 Å². The molecule has 0 saturated carbocycles. The van der Waals surface area contributed by atoms with Crippen LogP contribution in [0.5, 0.6) is 0 Å². The first-order chi connectivity index (χ1) is 7.60. The summed E-state index contributed by atoms with van der Waals surface area (Å²) in [6.07, 6.45) is 0. The maximum atomic E-state index is 12.1. The highest BCUT2D eigenvalue weighted by Gasteiger charge is 2.16. The molecule has 0 N–H and O–H groups in total. The van der Waals surface area contributed by atoms with Crippen molar-refractivity contribution in [2.75, 3.05) is 19.0 Å². The van der Waals surface area contributed by atoms with Crippen LogP contribution in [0.1, 0.15) is 17.3 Å². The molecule has 16 heavy (non-hydrogen) atoms. The SMILES string of the molecule is CCN(CCCl)C(=O)c1cc(Br)ccc1Cl. The van der Waals surface area contributed by atoms with Gasteiger partial charge in [-0.25, -0.2) is 0 Å². The van der Waals surface area contributed by atoms with Crippen molar-refractivity contribution in [2.24, 2.45) is 0 Å². The quantitative estimate of drug-likeness (QED) is 0.771. The monoisotopic (exact) mass is 323 g/mol. The predicted octanol–water partition coefficient (Wildman–Crippen LogP) is 3.80. The molecule has 1 amide bonds. The Kier molecular flexibility index (Phi) is 5.59. The summed E-state index contributed by atoms with van der Waals surface area (Å²) < 4.78 is 0.835. The summed E-state index contributed by atoms with van der Waals surface area (Å²) in [4.78, 5) is 13.8. The fraction of sp³-hybridized carbons (Fsp3) is 0.364. The first kappa shape index (κ1) is 13.8. The standard InChI is InChI=1S/C11H12BrCl2NO/c1-2-15(6-5-13)11(16)9-7-8(12)3-4-10(9)14/h3-4,7H,2,5-6H2,1H3. The largest absolute Gasteiger partial charge is 0.338 e. The highest BCUT2D eigenvalue weighted by molar-refractivity contribution is 9.10. The van der Waals surface area contributed by atoms with E-state index < -0.39 is 0 Å². The third-order valence-electron chi connectivity index (χ3n) is 2.18. The fourth-order valence-corrected chi connectivity index (χ4v) is 2.10. The van der Waals surface area contributed by atoms with Crippen LogP contribution in [-0.2, 0) is 0 Å². The highest BCUT2D eigenvalue weighted by atomic mass is 79.9. The smallest absolute Gasteiger partial charge is 0.255 e. The lowest BCUT2D eigenvalue weighted by atomic mass is 10.2. The molecular formula is C11H12BrCl2NO. The van der Waals surface area contributed by atoms with Crippen molar-refractivity contribution in [3.63, 3.8) is 0 Å². The second-order valence-corrected chi connectivity index (χ2v) is 4.90.